The Labute approximate surface area is 125 Å². The fourth-order valence-electron chi connectivity index (χ4n) is 1.79. The molecule has 2 rings (SSSR count). The summed E-state index contributed by atoms with van der Waals surface area (Å²) in [6.07, 6.45) is -0.693. The summed E-state index contributed by atoms with van der Waals surface area (Å²) in [5.74, 6) is -0.395. The van der Waals surface area contributed by atoms with E-state index in [1.54, 1.807) is 18.2 Å². The van der Waals surface area contributed by atoms with Crippen LogP contribution in [0.2, 0.25) is 15.1 Å². The second-order valence-electron chi connectivity index (χ2n) is 4.12. The van der Waals surface area contributed by atoms with Gasteiger partial charge in [0.15, 0.2) is 0 Å². The maximum atomic E-state index is 13.1. The Morgan fingerprint density at radius 1 is 1.00 bits per heavy atom. The van der Waals surface area contributed by atoms with Crippen molar-refractivity contribution in [2.24, 2.45) is 0 Å². The molecule has 2 aromatic rings. The molecule has 0 aliphatic rings. The Bertz CT molecular complexity index is 601. The summed E-state index contributed by atoms with van der Waals surface area (Å²) >= 11 is 17.8. The minimum Gasteiger partial charge on any atom is -0.388 e. The third-order valence-corrected chi connectivity index (χ3v) is 3.67. The molecule has 0 bridgehead atoms. The molecule has 0 spiro atoms. The number of rotatable bonds is 3. The highest BCUT2D eigenvalue weighted by molar-refractivity contribution is 6.35. The molecule has 0 aliphatic heterocycles. The SMILES string of the molecule is OC(Cc1cc(F)ccc1Cl)c1ccc(Cl)cc1Cl. The smallest absolute Gasteiger partial charge is 0.123 e. The number of halogens is 4. The van der Waals surface area contributed by atoms with Crippen LogP contribution in [0.25, 0.3) is 0 Å². The minimum atomic E-state index is -0.871. The standard InChI is InChI=1S/C14H10Cl3FO/c15-9-1-3-11(13(17)7-9)14(19)6-8-5-10(18)2-4-12(8)16/h1-5,7,14,19H,6H2. The summed E-state index contributed by atoms with van der Waals surface area (Å²) in [6, 6.07) is 8.86. The zero-order chi connectivity index (χ0) is 14.0. The minimum absolute atomic E-state index is 0.179. The largest absolute Gasteiger partial charge is 0.388 e. The van der Waals surface area contributed by atoms with Crippen molar-refractivity contribution < 1.29 is 9.50 Å². The van der Waals surface area contributed by atoms with Gasteiger partial charge in [0.2, 0.25) is 0 Å². The van der Waals surface area contributed by atoms with Crippen LogP contribution in [0.4, 0.5) is 4.39 Å². The van der Waals surface area contributed by atoms with Crippen molar-refractivity contribution in [2.45, 2.75) is 12.5 Å². The number of hydrogen-bond acceptors (Lipinski definition) is 1. The molecule has 0 saturated heterocycles. The lowest BCUT2D eigenvalue weighted by molar-refractivity contribution is 0.178. The quantitative estimate of drug-likeness (QED) is 0.838. The fourth-order valence-corrected chi connectivity index (χ4v) is 2.52. The summed E-state index contributed by atoms with van der Waals surface area (Å²) in [6.45, 7) is 0. The molecule has 0 amide bonds. The predicted octanol–water partition coefficient (Wildman–Crippen LogP) is 5.06. The van der Waals surface area contributed by atoms with E-state index in [1.165, 1.54) is 18.2 Å². The van der Waals surface area contributed by atoms with Gasteiger partial charge in [-0.25, -0.2) is 4.39 Å². The molecule has 0 heterocycles. The first-order chi connectivity index (χ1) is 8.97. The highest BCUT2D eigenvalue weighted by Gasteiger charge is 2.14. The molecule has 2 aromatic carbocycles. The van der Waals surface area contributed by atoms with E-state index in [0.717, 1.165) is 0 Å². The van der Waals surface area contributed by atoms with Crippen molar-refractivity contribution in [1.29, 1.82) is 0 Å². The average Bonchev–Trinajstić information content (AvgIpc) is 2.33. The van der Waals surface area contributed by atoms with Crippen molar-refractivity contribution in [3.63, 3.8) is 0 Å². The van der Waals surface area contributed by atoms with Gasteiger partial charge in [-0.2, -0.15) is 0 Å². The topological polar surface area (TPSA) is 20.2 Å². The molecule has 0 aliphatic carbocycles. The Balaban J connectivity index is 2.25. The third kappa shape index (κ3) is 3.61. The van der Waals surface area contributed by atoms with Crippen LogP contribution in [0.5, 0.6) is 0 Å². The van der Waals surface area contributed by atoms with E-state index >= 15 is 0 Å². The van der Waals surface area contributed by atoms with E-state index in [-0.39, 0.29) is 6.42 Å². The highest BCUT2D eigenvalue weighted by atomic mass is 35.5. The maximum absolute atomic E-state index is 13.1. The summed E-state index contributed by atoms with van der Waals surface area (Å²) in [4.78, 5) is 0. The van der Waals surface area contributed by atoms with Gasteiger partial charge in [0.1, 0.15) is 5.82 Å². The van der Waals surface area contributed by atoms with E-state index in [0.29, 0.717) is 26.2 Å². The first kappa shape index (κ1) is 14.6. The van der Waals surface area contributed by atoms with Gasteiger partial charge in [0.25, 0.3) is 0 Å². The average molecular weight is 320 g/mol. The third-order valence-electron chi connectivity index (χ3n) is 2.74. The Hall–Kier alpha value is -0.800. The molecule has 0 fully saturated rings. The number of aliphatic hydroxyl groups excluding tert-OH is 1. The Kier molecular flexibility index (Phi) is 4.69. The van der Waals surface area contributed by atoms with Crippen LogP contribution >= 0.6 is 34.8 Å². The monoisotopic (exact) mass is 318 g/mol. The zero-order valence-electron chi connectivity index (χ0n) is 9.71. The van der Waals surface area contributed by atoms with Crippen molar-refractivity contribution in [3.8, 4) is 0 Å². The van der Waals surface area contributed by atoms with Crippen molar-refractivity contribution in [2.75, 3.05) is 0 Å². The van der Waals surface area contributed by atoms with Gasteiger partial charge in [-0.1, -0.05) is 40.9 Å². The lowest BCUT2D eigenvalue weighted by Gasteiger charge is -2.14. The number of hydrogen-bond donors (Lipinski definition) is 1. The van der Waals surface area contributed by atoms with E-state index in [4.69, 9.17) is 34.8 Å². The van der Waals surface area contributed by atoms with Crippen LogP contribution in [0.15, 0.2) is 36.4 Å². The van der Waals surface area contributed by atoms with Crippen molar-refractivity contribution in [3.05, 3.63) is 68.4 Å². The number of aliphatic hydroxyl groups is 1. The normalized spacial score (nSPS) is 12.5. The highest BCUT2D eigenvalue weighted by Crippen LogP contribution is 2.30. The summed E-state index contributed by atoms with van der Waals surface area (Å²) < 4.78 is 13.1. The van der Waals surface area contributed by atoms with Gasteiger partial charge < -0.3 is 5.11 Å². The molecular formula is C14H10Cl3FO. The summed E-state index contributed by atoms with van der Waals surface area (Å²) in [7, 11) is 0. The van der Waals surface area contributed by atoms with Crippen LogP contribution in [0, 0.1) is 5.82 Å². The maximum Gasteiger partial charge on any atom is 0.123 e. The molecule has 1 atom stereocenters. The molecule has 5 heteroatoms. The van der Waals surface area contributed by atoms with Gasteiger partial charge in [-0.05, 0) is 41.5 Å². The molecule has 0 aromatic heterocycles. The van der Waals surface area contributed by atoms with Gasteiger partial charge >= 0.3 is 0 Å². The number of benzene rings is 2. The van der Waals surface area contributed by atoms with E-state index in [9.17, 15) is 9.50 Å². The van der Waals surface area contributed by atoms with Gasteiger partial charge in [0, 0.05) is 21.5 Å². The van der Waals surface area contributed by atoms with Gasteiger partial charge in [0.05, 0.1) is 6.10 Å². The predicted molar refractivity (Wildman–Crippen MR) is 76.5 cm³/mol. The fraction of sp³-hybridized carbons (Fsp3) is 0.143. The molecular weight excluding hydrogens is 310 g/mol. The van der Waals surface area contributed by atoms with E-state index in [1.807, 2.05) is 0 Å². The Morgan fingerprint density at radius 2 is 1.74 bits per heavy atom. The molecule has 0 saturated carbocycles. The van der Waals surface area contributed by atoms with E-state index in [2.05, 4.69) is 0 Å². The molecule has 1 unspecified atom stereocenters. The second kappa shape index (κ2) is 6.10. The first-order valence-corrected chi connectivity index (χ1v) is 6.67. The van der Waals surface area contributed by atoms with Gasteiger partial charge in [-0.3, -0.25) is 0 Å². The van der Waals surface area contributed by atoms with Crippen molar-refractivity contribution in [1.82, 2.24) is 0 Å². The first-order valence-electron chi connectivity index (χ1n) is 5.54. The molecule has 0 radical (unpaired) electrons. The van der Waals surface area contributed by atoms with Crippen LogP contribution in [-0.4, -0.2) is 5.11 Å². The van der Waals surface area contributed by atoms with Gasteiger partial charge in [-0.15, -0.1) is 0 Å². The molecule has 19 heavy (non-hydrogen) atoms. The van der Waals surface area contributed by atoms with E-state index < -0.39 is 11.9 Å². The van der Waals surface area contributed by atoms with Crippen LogP contribution < -0.4 is 0 Å². The lowest BCUT2D eigenvalue weighted by atomic mass is 10.0. The zero-order valence-corrected chi connectivity index (χ0v) is 12.0. The summed E-state index contributed by atoms with van der Waals surface area (Å²) in [5.41, 5.74) is 1.06. The molecule has 100 valence electrons. The molecule has 1 N–H and O–H groups in total. The summed E-state index contributed by atoms with van der Waals surface area (Å²) in [5, 5.41) is 11.4. The second-order valence-corrected chi connectivity index (χ2v) is 5.37. The van der Waals surface area contributed by atoms with Crippen LogP contribution in [0.3, 0.4) is 0 Å². The Morgan fingerprint density at radius 3 is 2.42 bits per heavy atom. The van der Waals surface area contributed by atoms with Crippen LogP contribution in [0.1, 0.15) is 17.2 Å². The lowest BCUT2D eigenvalue weighted by Crippen LogP contribution is -2.03. The molecule has 1 nitrogen and oxygen atoms in total. The van der Waals surface area contributed by atoms with Crippen LogP contribution in [-0.2, 0) is 6.42 Å². The van der Waals surface area contributed by atoms with Crippen molar-refractivity contribution >= 4 is 34.8 Å².